The molecular weight excluding hydrogens is 140 g/mol. The number of hydrogen-bond donors (Lipinski definition) is 4. The Kier molecular flexibility index (Phi) is 4.45. The highest BCUT2D eigenvalue weighted by Crippen LogP contribution is 2.00. The molecule has 0 saturated carbocycles. The van der Waals surface area contributed by atoms with Crippen LogP contribution in [-0.4, -0.2) is 12.8 Å². The van der Waals surface area contributed by atoms with Crippen molar-refractivity contribution in [1.29, 1.82) is 0 Å². The van der Waals surface area contributed by atoms with Crippen LogP contribution < -0.4 is 21.7 Å². The van der Waals surface area contributed by atoms with Crippen molar-refractivity contribution in [3.63, 3.8) is 0 Å². The van der Waals surface area contributed by atoms with Crippen LogP contribution in [0.1, 0.15) is 32.6 Å². The van der Waals surface area contributed by atoms with Crippen LogP contribution in [0.2, 0.25) is 0 Å². The summed E-state index contributed by atoms with van der Waals surface area (Å²) >= 11 is 0. The summed E-state index contributed by atoms with van der Waals surface area (Å²) in [4.78, 5) is 0. The highest BCUT2D eigenvalue weighted by molar-refractivity contribution is 4.62. The third-order valence-corrected chi connectivity index (χ3v) is 1.83. The van der Waals surface area contributed by atoms with E-state index >= 15 is 0 Å². The van der Waals surface area contributed by atoms with Crippen molar-refractivity contribution in [2.24, 2.45) is 0 Å². The van der Waals surface area contributed by atoms with Gasteiger partial charge in [0.15, 0.2) is 0 Å². The van der Waals surface area contributed by atoms with Gasteiger partial charge in [-0.05, 0) is 6.42 Å². The third-order valence-electron chi connectivity index (χ3n) is 1.83. The molecule has 0 bridgehead atoms. The van der Waals surface area contributed by atoms with E-state index < -0.39 is 0 Å². The van der Waals surface area contributed by atoms with Crippen molar-refractivity contribution in [3.05, 3.63) is 0 Å². The Morgan fingerprint density at radius 1 is 1.18 bits per heavy atom. The van der Waals surface area contributed by atoms with Gasteiger partial charge in [-0.15, -0.1) is 0 Å². The summed E-state index contributed by atoms with van der Waals surface area (Å²) in [6, 6.07) is 0. The summed E-state index contributed by atoms with van der Waals surface area (Å²) < 4.78 is 0. The molecule has 0 aliphatic carbocycles. The lowest BCUT2D eigenvalue weighted by atomic mass is 10.2. The summed E-state index contributed by atoms with van der Waals surface area (Å²) in [7, 11) is 0. The maximum Gasteiger partial charge on any atom is 0.0832 e. The number of hydrogen-bond acceptors (Lipinski definition) is 4. The van der Waals surface area contributed by atoms with Crippen molar-refractivity contribution >= 4 is 0 Å². The van der Waals surface area contributed by atoms with Gasteiger partial charge in [0.25, 0.3) is 0 Å². The van der Waals surface area contributed by atoms with Gasteiger partial charge in [0.1, 0.15) is 0 Å². The summed E-state index contributed by atoms with van der Waals surface area (Å²) in [6.45, 7) is 3.00. The van der Waals surface area contributed by atoms with E-state index in [1.165, 1.54) is 25.7 Å². The summed E-state index contributed by atoms with van der Waals surface area (Å²) in [6.07, 6.45) is 5.45. The van der Waals surface area contributed by atoms with E-state index in [0.29, 0.717) is 6.17 Å². The smallest absolute Gasteiger partial charge is 0.0832 e. The Labute approximate surface area is 68.1 Å². The minimum atomic E-state index is 0.385. The van der Waals surface area contributed by atoms with Crippen molar-refractivity contribution in [2.45, 2.75) is 38.8 Å². The fraction of sp³-hybridized carbons (Fsp3) is 1.00. The molecule has 0 radical (unpaired) electrons. The molecule has 0 amide bonds. The molecule has 0 aromatic rings. The van der Waals surface area contributed by atoms with Gasteiger partial charge in [0.05, 0.1) is 12.8 Å². The van der Waals surface area contributed by atoms with Gasteiger partial charge < -0.3 is 0 Å². The molecule has 1 rings (SSSR count). The zero-order valence-electron chi connectivity index (χ0n) is 7.11. The van der Waals surface area contributed by atoms with Crippen LogP contribution in [0.5, 0.6) is 0 Å². The lowest BCUT2D eigenvalue weighted by Gasteiger charge is -2.26. The van der Waals surface area contributed by atoms with E-state index in [1.807, 2.05) is 0 Å². The van der Waals surface area contributed by atoms with E-state index in [4.69, 9.17) is 0 Å². The van der Waals surface area contributed by atoms with Gasteiger partial charge in [-0.3, -0.25) is 0 Å². The molecule has 4 heteroatoms. The first-order valence-electron chi connectivity index (χ1n) is 4.40. The standard InChI is InChI=1S/C7H18N4/c1-2-3-4-5-7-10-8-6-9-11-7/h7-11H,2-6H2,1H3. The Hall–Kier alpha value is -0.160. The lowest BCUT2D eigenvalue weighted by Crippen LogP contribution is -2.63. The maximum atomic E-state index is 3.15. The van der Waals surface area contributed by atoms with Crippen molar-refractivity contribution in [1.82, 2.24) is 21.7 Å². The van der Waals surface area contributed by atoms with Crippen molar-refractivity contribution in [2.75, 3.05) is 6.67 Å². The van der Waals surface area contributed by atoms with Gasteiger partial charge in [-0.25, -0.2) is 21.7 Å². The molecule has 1 heterocycles. The van der Waals surface area contributed by atoms with Crippen LogP contribution >= 0.6 is 0 Å². The normalized spacial score (nSPS) is 20.5. The van der Waals surface area contributed by atoms with E-state index in [9.17, 15) is 0 Å². The van der Waals surface area contributed by atoms with Gasteiger partial charge in [0.2, 0.25) is 0 Å². The molecule has 1 aliphatic rings. The van der Waals surface area contributed by atoms with Crippen molar-refractivity contribution < 1.29 is 0 Å². The average Bonchev–Trinajstić information content (AvgIpc) is 2.07. The van der Waals surface area contributed by atoms with Crippen LogP contribution in [0.15, 0.2) is 0 Å². The van der Waals surface area contributed by atoms with Crippen LogP contribution in [-0.2, 0) is 0 Å². The number of hydrazine groups is 2. The van der Waals surface area contributed by atoms with Crippen LogP contribution in [0.4, 0.5) is 0 Å². The van der Waals surface area contributed by atoms with Crippen LogP contribution in [0, 0.1) is 0 Å². The van der Waals surface area contributed by atoms with Crippen LogP contribution in [0.25, 0.3) is 0 Å². The Balaban J connectivity index is 1.96. The lowest BCUT2D eigenvalue weighted by molar-refractivity contribution is 0.240. The van der Waals surface area contributed by atoms with Gasteiger partial charge in [-0.2, -0.15) is 0 Å². The molecule has 0 aromatic carbocycles. The van der Waals surface area contributed by atoms with Gasteiger partial charge in [-0.1, -0.05) is 26.2 Å². The first kappa shape index (κ1) is 8.93. The third kappa shape index (κ3) is 3.67. The fourth-order valence-corrected chi connectivity index (χ4v) is 1.17. The summed E-state index contributed by atoms with van der Waals surface area (Å²) in [5, 5.41) is 0. The minimum Gasteiger partial charge on any atom is -0.241 e. The summed E-state index contributed by atoms with van der Waals surface area (Å²) in [5.74, 6) is 0. The molecule has 0 spiro atoms. The topological polar surface area (TPSA) is 48.1 Å². The molecular formula is C7H18N4. The molecule has 1 saturated heterocycles. The predicted molar refractivity (Wildman–Crippen MR) is 45.3 cm³/mol. The molecule has 1 aliphatic heterocycles. The highest BCUT2D eigenvalue weighted by Gasteiger charge is 2.08. The SMILES string of the molecule is CCCCCC1NNCNN1. The Morgan fingerprint density at radius 2 is 1.91 bits per heavy atom. The second-order valence-electron chi connectivity index (χ2n) is 2.87. The van der Waals surface area contributed by atoms with E-state index in [0.717, 1.165) is 6.67 Å². The van der Waals surface area contributed by atoms with E-state index in [1.54, 1.807) is 0 Å². The number of rotatable bonds is 4. The predicted octanol–water partition coefficient (Wildman–Crippen LogP) is 0.0523. The fourth-order valence-electron chi connectivity index (χ4n) is 1.17. The number of unbranched alkanes of at least 4 members (excludes halogenated alkanes) is 2. The highest BCUT2D eigenvalue weighted by atomic mass is 15.6. The monoisotopic (exact) mass is 158 g/mol. The second-order valence-corrected chi connectivity index (χ2v) is 2.87. The Bertz CT molecular complexity index is 90.4. The van der Waals surface area contributed by atoms with Gasteiger partial charge in [0, 0.05) is 0 Å². The largest absolute Gasteiger partial charge is 0.241 e. The first-order valence-corrected chi connectivity index (χ1v) is 4.40. The first-order chi connectivity index (χ1) is 5.43. The van der Waals surface area contributed by atoms with Crippen LogP contribution in [0.3, 0.4) is 0 Å². The molecule has 0 unspecified atom stereocenters. The van der Waals surface area contributed by atoms with E-state index in [-0.39, 0.29) is 0 Å². The number of nitrogens with one attached hydrogen (secondary N) is 4. The molecule has 0 atom stereocenters. The van der Waals surface area contributed by atoms with Crippen molar-refractivity contribution in [3.8, 4) is 0 Å². The molecule has 4 N–H and O–H groups in total. The average molecular weight is 158 g/mol. The quantitative estimate of drug-likeness (QED) is 0.437. The minimum absolute atomic E-state index is 0.385. The second kappa shape index (κ2) is 5.49. The molecule has 4 nitrogen and oxygen atoms in total. The Morgan fingerprint density at radius 3 is 2.55 bits per heavy atom. The maximum absolute atomic E-state index is 3.15. The molecule has 0 aromatic heterocycles. The zero-order chi connectivity index (χ0) is 7.94. The van der Waals surface area contributed by atoms with E-state index in [2.05, 4.69) is 28.6 Å². The molecule has 1 fully saturated rings. The zero-order valence-corrected chi connectivity index (χ0v) is 7.11. The van der Waals surface area contributed by atoms with Gasteiger partial charge >= 0.3 is 0 Å². The molecule has 11 heavy (non-hydrogen) atoms. The molecule has 66 valence electrons. The summed E-state index contributed by atoms with van der Waals surface area (Å²) in [5.41, 5.74) is 12.4.